The second-order valence-electron chi connectivity index (χ2n) is 6.40. The van der Waals surface area contributed by atoms with Crippen LogP contribution in [0, 0.1) is 0 Å². The van der Waals surface area contributed by atoms with Crippen molar-refractivity contribution in [3.63, 3.8) is 0 Å². The minimum Gasteiger partial charge on any atom is -0.303 e. The van der Waals surface area contributed by atoms with Crippen LogP contribution in [0.25, 0.3) is 10.1 Å². The molecule has 24 heavy (non-hydrogen) atoms. The Morgan fingerprint density at radius 3 is 2.67 bits per heavy atom. The average molecular weight is 341 g/mol. The Balaban J connectivity index is 1.37. The Morgan fingerprint density at radius 1 is 1.08 bits per heavy atom. The fourth-order valence-electron chi connectivity index (χ4n) is 3.40. The fraction of sp³-hybridized carbons (Fsp3) is 0.368. The molecule has 124 valence electrons. The minimum absolute atomic E-state index is 0.516. The Morgan fingerprint density at radius 2 is 1.88 bits per heavy atom. The summed E-state index contributed by atoms with van der Waals surface area (Å²) in [4.78, 5) is 6.56. The molecule has 0 unspecified atom stereocenters. The zero-order valence-electron chi connectivity index (χ0n) is 13.5. The molecular weight excluding hydrogens is 321 g/mol. The maximum atomic E-state index is 15.1. The van der Waals surface area contributed by atoms with Gasteiger partial charge < -0.3 is 4.90 Å². The first-order valence-corrected chi connectivity index (χ1v) is 9.18. The van der Waals surface area contributed by atoms with Crippen molar-refractivity contribution in [2.24, 2.45) is 0 Å². The number of benzene rings is 1. The van der Waals surface area contributed by atoms with Gasteiger partial charge in [-0.25, -0.2) is 4.39 Å². The van der Waals surface area contributed by atoms with Crippen molar-refractivity contribution in [2.45, 2.75) is 24.9 Å². The van der Waals surface area contributed by atoms with Crippen LogP contribution < -0.4 is 0 Å². The Labute approximate surface area is 145 Å². The third-order valence-electron chi connectivity index (χ3n) is 4.89. The highest BCUT2D eigenvalue weighted by atomic mass is 32.1. The van der Waals surface area contributed by atoms with Gasteiger partial charge in [0, 0.05) is 37.6 Å². The number of rotatable bonds is 4. The van der Waals surface area contributed by atoms with Crippen LogP contribution in [0.15, 0.2) is 48.7 Å². The number of alkyl halides is 1. The Bertz CT molecular complexity index is 810. The summed E-state index contributed by atoms with van der Waals surface area (Å²) in [7, 11) is 0. The topological polar surface area (TPSA) is 29.0 Å². The monoisotopic (exact) mass is 341 g/mol. The summed E-state index contributed by atoms with van der Waals surface area (Å²) in [6.45, 7) is 2.48. The zero-order valence-corrected chi connectivity index (χ0v) is 14.3. The smallest absolute Gasteiger partial charge is 0.155 e. The van der Waals surface area contributed by atoms with Crippen molar-refractivity contribution in [2.75, 3.05) is 19.6 Å². The molecule has 0 bridgehead atoms. The van der Waals surface area contributed by atoms with Gasteiger partial charge in [-0.3, -0.25) is 4.98 Å². The summed E-state index contributed by atoms with van der Waals surface area (Å²) in [6.07, 6.45) is 3.63. The molecular formula is C19H20FN3S. The molecule has 4 rings (SSSR count). The van der Waals surface area contributed by atoms with Crippen molar-refractivity contribution in [1.29, 1.82) is 0 Å². The predicted octanol–water partition coefficient (Wildman–Crippen LogP) is 4.19. The molecule has 1 aliphatic rings. The van der Waals surface area contributed by atoms with Crippen LogP contribution in [-0.2, 0) is 12.1 Å². The lowest BCUT2D eigenvalue weighted by Crippen LogP contribution is -2.41. The molecule has 1 fully saturated rings. The van der Waals surface area contributed by atoms with E-state index in [4.69, 9.17) is 0 Å². The number of piperidine rings is 1. The molecule has 1 aliphatic heterocycles. The molecule has 2 aromatic heterocycles. The van der Waals surface area contributed by atoms with Crippen LogP contribution in [0.2, 0.25) is 0 Å². The molecule has 1 aromatic carbocycles. The summed E-state index contributed by atoms with van der Waals surface area (Å²) in [6, 6.07) is 13.9. The van der Waals surface area contributed by atoms with E-state index >= 15 is 4.39 Å². The summed E-state index contributed by atoms with van der Waals surface area (Å²) in [5, 5.41) is 1.26. The molecule has 0 saturated carbocycles. The molecule has 5 heteroatoms. The van der Waals surface area contributed by atoms with Gasteiger partial charge in [-0.15, -0.1) is 0 Å². The van der Waals surface area contributed by atoms with Crippen LogP contribution >= 0.6 is 11.5 Å². The van der Waals surface area contributed by atoms with E-state index < -0.39 is 5.67 Å². The quantitative estimate of drug-likeness (QED) is 0.712. The third kappa shape index (κ3) is 3.06. The van der Waals surface area contributed by atoms with Gasteiger partial charge in [-0.2, -0.15) is 4.37 Å². The Hall–Kier alpha value is -1.85. The molecule has 3 aromatic rings. The molecule has 0 radical (unpaired) electrons. The molecule has 0 aliphatic carbocycles. The fourth-order valence-corrected chi connectivity index (χ4v) is 4.22. The first kappa shape index (κ1) is 15.7. The van der Waals surface area contributed by atoms with E-state index in [2.05, 4.69) is 32.5 Å². The number of nitrogens with zero attached hydrogens (tertiary/aromatic N) is 3. The van der Waals surface area contributed by atoms with Crippen molar-refractivity contribution in [3.05, 3.63) is 60.0 Å². The summed E-state index contributed by atoms with van der Waals surface area (Å²) in [5.41, 5.74) is 0.470. The standard InChI is InChI=1S/C19H20FN3S/c20-19(18-7-3-4-11-21-18)9-13-23(14-10-19)12-8-16-15-5-1-2-6-17(15)24-22-16/h1-7,11H,8-10,12-14H2. The van der Waals surface area contributed by atoms with Gasteiger partial charge in [0.15, 0.2) is 5.67 Å². The number of halogens is 1. The van der Waals surface area contributed by atoms with Gasteiger partial charge in [0.05, 0.1) is 16.1 Å². The number of hydrogen-bond donors (Lipinski definition) is 0. The highest BCUT2D eigenvalue weighted by Gasteiger charge is 2.37. The molecule has 1 saturated heterocycles. The number of fused-ring (bicyclic) bond motifs is 1. The van der Waals surface area contributed by atoms with Crippen LogP contribution in [-0.4, -0.2) is 33.9 Å². The minimum atomic E-state index is -1.27. The van der Waals surface area contributed by atoms with E-state index in [9.17, 15) is 0 Å². The van der Waals surface area contributed by atoms with Gasteiger partial charge in [0.25, 0.3) is 0 Å². The van der Waals surface area contributed by atoms with Gasteiger partial charge in [0.2, 0.25) is 0 Å². The second kappa shape index (κ2) is 6.57. The van der Waals surface area contributed by atoms with E-state index in [1.165, 1.54) is 10.1 Å². The summed E-state index contributed by atoms with van der Waals surface area (Å²) in [5.74, 6) is 0. The Kier molecular flexibility index (Phi) is 4.29. The van der Waals surface area contributed by atoms with Gasteiger partial charge >= 0.3 is 0 Å². The average Bonchev–Trinajstić information content (AvgIpc) is 3.05. The summed E-state index contributed by atoms with van der Waals surface area (Å²) < 4.78 is 20.9. The first-order chi connectivity index (χ1) is 11.7. The SMILES string of the molecule is FC1(c2ccccn2)CCN(CCc2nsc3ccccc23)CC1. The van der Waals surface area contributed by atoms with E-state index in [1.807, 2.05) is 18.2 Å². The summed E-state index contributed by atoms with van der Waals surface area (Å²) >= 11 is 1.56. The predicted molar refractivity (Wildman–Crippen MR) is 96.0 cm³/mol. The lowest BCUT2D eigenvalue weighted by molar-refractivity contribution is 0.0528. The number of likely N-dealkylation sites (tertiary alicyclic amines) is 1. The molecule has 0 amide bonds. The van der Waals surface area contributed by atoms with Crippen LogP contribution in [0.4, 0.5) is 4.39 Å². The molecule has 0 atom stereocenters. The van der Waals surface area contributed by atoms with Crippen molar-refractivity contribution in [3.8, 4) is 0 Å². The molecule has 0 spiro atoms. The van der Waals surface area contributed by atoms with Crippen molar-refractivity contribution < 1.29 is 4.39 Å². The van der Waals surface area contributed by atoms with E-state index in [0.717, 1.165) is 31.7 Å². The largest absolute Gasteiger partial charge is 0.303 e. The number of aromatic nitrogens is 2. The van der Waals surface area contributed by atoms with Crippen LogP contribution in [0.3, 0.4) is 0 Å². The van der Waals surface area contributed by atoms with E-state index in [-0.39, 0.29) is 0 Å². The number of hydrogen-bond acceptors (Lipinski definition) is 4. The van der Waals surface area contributed by atoms with Crippen molar-refractivity contribution in [1.82, 2.24) is 14.3 Å². The van der Waals surface area contributed by atoms with Crippen LogP contribution in [0.1, 0.15) is 24.2 Å². The van der Waals surface area contributed by atoms with Crippen LogP contribution in [0.5, 0.6) is 0 Å². The maximum absolute atomic E-state index is 15.1. The highest BCUT2D eigenvalue weighted by molar-refractivity contribution is 7.13. The second-order valence-corrected chi connectivity index (χ2v) is 7.20. The van der Waals surface area contributed by atoms with Gasteiger partial charge in [-0.05, 0) is 42.6 Å². The maximum Gasteiger partial charge on any atom is 0.155 e. The van der Waals surface area contributed by atoms with Gasteiger partial charge in [0.1, 0.15) is 0 Å². The van der Waals surface area contributed by atoms with E-state index in [1.54, 1.807) is 23.8 Å². The lowest BCUT2D eigenvalue weighted by Gasteiger charge is -2.35. The third-order valence-corrected chi connectivity index (χ3v) is 5.75. The first-order valence-electron chi connectivity index (χ1n) is 8.41. The number of pyridine rings is 1. The lowest BCUT2D eigenvalue weighted by atomic mass is 9.89. The molecule has 3 heterocycles. The molecule has 0 N–H and O–H groups in total. The zero-order chi connectivity index (χ0) is 16.4. The van der Waals surface area contributed by atoms with Crippen molar-refractivity contribution >= 4 is 21.6 Å². The van der Waals surface area contributed by atoms with Gasteiger partial charge in [-0.1, -0.05) is 24.3 Å². The molecule has 3 nitrogen and oxygen atoms in total. The highest BCUT2D eigenvalue weighted by Crippen LogP contribution is 2.35. The normalized spacial score (nSPS) is 18.0. The van der Waals surface area contributed by atoms with E-state index in [0.29, 0.717) is 18.5 Å².